The second-order valence-corrected chi connectivity index (χ2v) is 5.45. The van der Waals surface area contributed by atoms with Gasteiger partial charge < -0.3 is 5.73 Å². The molecule has 2 atom stereocenters. The van der Waals surface area contributed by atoms with Crippen molar-refractivity contribution in [1.82, 2.24) is 0 Å². The summed E-state index contributed by atoms with van der Waals surface area (Å²) in [6.45, 7) is 6.67. The smallest absolute Gasteiger partial charge is 0.00361 e. The quantitative estimate of drug-likeness (QED) is 0.500. The van der Waals surface area contributed by atoms with Crippen molar-refractivity contribution in [3.63, 3.8) is 0 Å². The van der Waals surface area contributed by atoms with E-state index in [1.165, 1.54) is 64.2 Å². The number of nitrogens with two attached hydrogens (primary N) is 1. The Hall–Kier alpha value is -0.0400. The number of hydrogen-bond acceptors (Lipinski definition) is 1. The van der Waals surface area contributed by atoms with Crippen LogP contribution in [0.1, 0.15) is 85.0 Å². The summed E-state index contributed by atoms with van der Waals surface area (Å²) >= 11 is 0. The van der Waals surface area contributed by atoms with E-state index >= 15 is 0 Å². The summed E-state index contributed by atoms with van der Waals surface area (Å²) in [6.07, 6.45) is 14.1. The van der Waals surface area contributed by atoms with Gasteiger partial charge in [0, 0.05) is 6.04 Å². The van der Waals surface area contributed by atoms with E-state index in [0.717, 1.165) is 0 Å². The van der Waals surface area contributed by atoms with Gasteiger partial charge in [0.15, 0.2) is 0 Å². The van der Waals surface area contributed by atoms with Gasteiger partial charge in [-0.25, -0.2) is 0 Å². The van der Waals surface area contributed by atoms with Crippen molar-refractivity contribution in [2.45, 2.75) is 91.0 Å². The van der Waals surface area contributed by atoms with Crippen molar-refractivity contribution in [1.29, 1.82) is 0 Å². The molecule has 0 aromatic carbocycles. The van der Waals surface area contributed by atoms with Gasteiger partial charge in [0.2, 0.25) is 0 Å². The maximum absolute atomic E-state index is 5.84. The minimum absolute atomic E-state index is 0.369. The molecule has 0 amide bonds. The monoisotopic (exact) mass is 227 g/mol. The van der Waals surface area contributed by atoms with Crippen molar-refractivity contribution in [2.24, 2.45) is 11.7 Å². The van der Waals surface area contributed by atoms with E-state index in [9.17, 15) is 0 Å². The Bertz CT molecular complexity index is 131. The second kappa shape index (κ2) is 11.4. The van der Waals surface area contributed by atoms with E-state index in [0.29, 0.717) is 12.0 Å². The Morgan fingerprint density at radius 1 is 0.750 bits per heavy atom. The third kappa shape index (κ3) is 10.5. The highest BCUT2D eigenvalue weighted by molar-refractivity contribution is 4.63. The molecule has 1 nitrogen and oxygen atoms in total. The van der Waals surface area contributed by atoms with Crippen molar-refractivity contribution in [3.8, 4) is 0 Å². The predicted octanol–water partition coefficient (Wildman–Crippen LogP) is 4.89. The van der Waals surface area contributed by atoms with Crippen LogP contribution >= 0.6 is 0 Å². The summed E-state index contributed by atoms with van der Waals surface area (Å²) in [6, 6.07) is 0.369. The molecular formula is C15H33N. The first-order valence-corrected chi connectivity index (χ1v) is 7.44. The number of rotatable bonds is 11. The molecule has 0 aliphatic heterocycles. The first-order valence-electron chi connectivity index (χ1n) is 7.44. The lowest BCUT2D eigenvalue weighted by molar-refractivity contribution is 0.423. The zero-order valence-corrected chi connectivity index (χ0v) is 11.8. The largest absolute Gasteiger partial charge is 0.328 e. The zero-order chi connectivity index (χ0) is 12.2. The van der Waals surface area contributed by atoms with Crippen LogP contribution in [-0.2, 0) is 0 Å². The second-order valence-electron chi connectivity index (χ2n) is 5.45. The van der Waals surface area contributed by atoms with Crippen LogP contribution < -0.4 is 5.73 Å². The fraction of sp³-hybridized carbons (Fsp3) is 1.00. The molecule has 0 radical (unpaired) electrons. The molecule has 0 aliphatic carbocycles. The Morgan fingerprint density at radius 3 is 1.62 bits per heavy atom. The molecule has 0 saturated heterocycles. The summed E-state index contributed by atoms with van der Waals surface area (Å²) in [5.74, 6) is 0.699. The maximum Gasteiger partial charge on any atom is 0.00361 e. The van der Waals surface area contributed by atoms with E-state index in [2.05, 4.69) is 20.8 Å². The zero-order valence-electron chi connectivity index (χ0n) is 11.8. The average molecular weight is 227 g/mol. The van der Waals surface area contributed by atoms with E-state index in [1.54, 1.807) is 0 Å². The Morgan fingerprint density at radius 2 is 1.19 bits per heavy atom. The maximum atomic E-state index is 5.84. The van der Waals surface area contributed by atoms with Crippen molar-refractivity contribution >= 4 is 0 Å². The van der Waals surface area contributed by atoms with Crippen LogP contribution in [0, 0.1) is 5.92 Å². The van der Waals surface area contributed by atoms with Crippen LogP contribution in [0.2, 0.25) is 0 Å². The fourth-order valence-corrected chi connectivity index (χ4v) is 2.04. The van der Waals surface area contributed by atoms with Gasteiger partial charge in [-0.05, 0) is 19.3 Å². The van der Waals surface area contributed by atoms with Gasteiger partial charge in [0.05, 0.1) is 0 Å². The van der Waals surface area contributed by atoms with E-state index in [-0.39, 0.29) is 0 Å². The van der Waals surface area contributed by atoms with Gasteiger partial charge in [-0.15, -0.1) is 0 Å². The molecule has 0 spiro atoms. The van der Waals surface area contributed by atoms with Crippen molar-refractivity contribution in [2.75, 3.05) is 0 Å². The molecule has 2 N–H and O–H groups in total. The van der Waals surface area contributed by atoms with Gasteiger partial charge in [-0.1, -0.05) is 71.6 Å². The van der Waals surface area contributed by atoms with Gasteiger partial charge in [-0.2, -0.15) is 0 Å². The van der Waals surface area contributed by atoms with E-state index in [4.69, 9.17) is 5.73 Å². The summed E-state index contributed by atoms with van der Waals surface area (Å²) in [4.78, 5) is 0. The van der Waals surface area contributed by atoms with Crippen LogP contribution in [0.4, 0.5) is 0 Å². The van der Waals surface area contributed by atoms with Crippen LogP contribution in [0.5, 0.6) is 0 Å². The summed E-state index contributed by atoms with van der Waals surface area (Å²) < 4.78 is 0. The first kappa shape index (κ1) is 16.0. The van der Waals surface area contributed by atoms with Gasteiger partial charge in [-0.3, -0.25) is 0 Å². The Kier molecular flexibility index (Phi) is 11.4. The minimum atomic E-state index is 0.369. The normalized spacial score (nSPS) is 15.0. The first-order chi connectivity index (χ1) is 7.68. The van der Waals surface area contributed by atoms with Crippen LogP contribution in [0.15, 0.2) is 0 Å². The SMILES string of the molecule is CCCCCCCCCCCC(C)C(C)N. The lowest BCUT2D eigenvalue weighted by Crippen LogP contribution is -2.23. The van der Waals surface area contributed by atoms with E-state index in [1.807, 2.05) is 0 Å². The molecular weight excluding hydrogens is 194 g/mol. The van der Waals surface area contributed by atoms with Gasteiger partial charge in [0.25, 0.3) is 0 Å². The molecule has 1 heteroatoms. The highest BCUT2D eigenvalue weighted by Crippen LogP contribution is 2.14. The summed E-state index contributed by atoms with van der Waals surface area (Å²) in [5.41, 5.74) is 5.84. The average Bonchev–Trinajstić information content (AvgIpc) is 2.26. The molecule has 98 valence electrons. The minimum Gasteiger partial charge on any atom is -0.328 e. The Labute approximate surface area is 103 Å². The molecule has 0 aromatic rings. The van der Waals surface area contributed by atoms with E-state index < -0.39 is 0 Å². The summed E-state index contributed by atoms with van der Waals surface area (Å²) in [7, 11) is 0. The lowest BCUT2D eigenvalue weighted by Gasteiger charge is -2.14. The van der Waals surface area contributed by atoms with Crippen molar-refractivity contribution in [3.05, 3.63) is 0 Å². The topological polar surface area (TPSA) is 26.0 Å². The lowest BCUT2D eigenvalue weighted by atomic mass is 9.96. The molecule has 0 aliphatic rings. The molecule has 0 rings (SSSR count). The Balaban J connectivity index is 3.04. The summed E-state index contributed by atoms with van der Waals surface area (Å²) in [5, 5.41) is 0. The molecule has 16 heavy (non-hydrogen) atoms. The highest BCUT2D eigenvalue weighted by Gasteiger charge is 2.05. The molecule has 0 aromatic heterocycles. The number of unbranched alkanes of at least 4 members (excludes halogenated alkanes) is 8. The standard InChI is InChI=1S/C15H33N/c1-4-5-6-7-8-9-10-11-12-13-14(2)15(3)16/h14-15H,4-13,16H2,1-3H3. The third-order valence-corrected chi connectivity index (χ3v) is 3.66. The van der Waals surface area contributed by atoms with Crippen LogP contribution in [0.3, 0.4) is 0 Å². The molecule has 0 heterocycles. The van der Waals surface area contributed by atoms with Gasteiger partial charge >= 0.3 is 0 Å². The highest BCUT2D eigenvalue weighted by atomic mass is 14.6. The fourth-order valence-electron chi connectivity index (χ4n) is 2.04. The molecule has 0 fully saturated rings. The predicted molar refractivity (Wildman–Crippen MR) is 74.7 cm³/mol. The third-order valence-electron chi connectivity index (χ3n) is 3.66. The number of hydrogen-bond donors (Lipinski definition) is 1. The molecule has 2 unspecified atom stereocenters. The van der Waals surface area contributed by atoms with Crippen LogP contribution in [0.25, 0.3) is 0 Å². The van der Waals surface area contributed by atoms with Gasteiger partial charge in [0.1, 0.15) is 0 Å². The molecule has 0 saturated carbocycles. The van der Waals surface area contributed by atoms with Crippen molar-refractivity contribution < 1.29 is 0 Å². The van der Waals surface area contributed by atoms with Crippen LogP contribution in [-0.4, -0.2) is 6.04 Å². The molecule has 0 bridgehead atoms.